The van der Waals surface area contributed by atoms with Crippen LogP contribution in [0.15, 0.2) is 24.3 Å². The molecule has 104 valence electrons. The number of benzene rings is 1. The van der Waals surface area contributed by atoms with E-state index in [0.717, 1.165) is 0 Å². The standard InChI is InChI=1S/C12H14N6O2/c1-14-9(19)6-7-4-2-3-5-8(7)15-11(20)10-16-12(13)18-17-10/h2-5H,6H2,1H3,(H,14,19)(H,15,20)(H3,13,16,17,18). The highest BCUT2D eigenvalue weighted by molar-refractivity contribution is 6.02. The lowest BCUT2D eigenvalue weighted by atomic mass is 10.1. The van der Waals surface area contributed by atoms with E-state index in [1.807, 2.05) is 0 Å². The second-order valence-corrected chi connectivity index (χ2v) is 4.00. The molecule has 0 unspecified atom stereocenters. The summed E-state index contributed by atoms with van der Waals surface area (Å²) in [5, 5.41) is 11.2. The molecular weight excluding hydrogens is 260 g/mol. The lowest BCUT2D eigenvalue weighted by molar-refractivity contribution is -0.119. The molecule has 0 radical (unpaired) electrons. The second kappa shape index (κ2) is 5.83. The van der Waals surface area contributed by atoms with Crippen molar-refractivity contribution < 1.29 is 9.59 Å². The summed E-state index contributed by atoms with van der Waals surface area (Å²) in [6.07, 6.45) is 0.172. The SMILES string of the molecule is CNC(=O)Cc1ccccc1NC(=O)c1nc(N)n[nH]1. The molecule has 8 nitrogen and oxygen atoms in total. The molecule has 0 aliphatic heterocycles. The van der Waals surface area contributed by atoms with E-state index < -0.39 is 5.91 Å². The van der Waals surface area contributed by atoms with Crippen LogP contribution in [0.2, 0.25) is 0 Å². The predicted molar refractivity (Wildman–Crippen MR) is 73.0 cm³/mol. The quantitative estimate of drug-likeness (QED) is 0.620. The Morgan fingerprint density at radius 2 is 2.10 bits per heavy atom. The summed E-state index contributed by atoms with van der Waals surface area (Å²) in [6.45, 7) is 0. The number of carbonyl (C=O) groups is 2. The molecule has 1 aromatic carbocycles. The summed E-state index contributed by atoms with van der Waals surface area (Å²) in [5.41, 5.74) is 6.58. The number of amides is 2. The number of likely N-dealkylation sites (N-methyl/N-ethyl adjacent to an activating group) is 1. The first-order chi connectivity index (χ1) is 9.60. The smallest absolute Gasteiger partial charge is 0.293 e. The van der Waals surface area contributed by atoms with Crippen LogP contribution >= 0.6 is 0 Å². The number of H-pyrrole nitrogens is 1. The van der Waals surface area contributed by atoms with Crippen LogP contribution < -0.4 is 16.4 Å². The number of nitrogens with two attached hydrogens (primary N) is 1. The summed E-state index contributed by atoms with van der Waals surface area (Å²) >= 11 is 0. The topological polar surface area (TPSA) is 126 Å². The molecule has 0 saturated carbocycles. The molecule has 20 heavy (non-hydrogen) atoms. The van der Waals surface area contributed by atoms with Gasteiger partial charge in [0.2, 0.25) is 17.7 Å². The van der Waals surface area contributed by atoms with Crippen molar-refractivity contribution >= 4 is 23.5 Å². The molecule has 0 atom stereocenters. The zero-order chi connectivity index (χ0) is 14.5. The van der Waals surface area contributed by atoms with E-state index in [-0.39, 0.29) is 24.1 Å². The number of carbonyl (C=O) groups excluding carboxylic acids is 2. The van der Waals surface area contributed by atoms with E-state index in [9.17, 15) is 9.59 Å². The monoisotopic (exact) mass is 274 g/mol. The minimum atomic E-state index is -0.474. The average molecular weight is 274 g/mol. The van der Waals surface area contributed by atoms with Crippen LogP contribution in [0.4, 0.5) is 11.6 Å². The Hall–Kier alpha value is -2.90. The minimum Gasteiger partial charge on any atom is -0.366 e. The van der Waals surface area contributed by atoms with Gasteiger partial charge in [0.05, 0.1) is 6.42 Å². The van der Waals surface area contributed by atoms with Crippen LogP contribution in [-0.4, -0.2) is 34.0 Å². The van der Waals surface area contributed by atoms with Gasteiger partial charge in [-0.2, -0.15) is 4.98 Å². The van der Waals surface area contributed by atoms with Gasteiger partial charge in [0.1, 0.15) is 0 Å². The first kappa shape index (κ1) is 13.5. The highest BCUT2D eigenvalue weighted by Crippen LogP contribution is 2.16. The van der Waals surface area contributed by atoms with Crippen molar-refractivity contribution in [2.75, 3.05) is 18.1 Å². The van der Waals surface area contributed by atoms with Crippen LogP contribution in [0, 0.1) is 0 Å². The number of nitrogens with one attached hydrogen (secondary N) is 3. The van der Waals surface area contributed by atoms with E-state index in [1.165, 1.54) is 0 Å². The van der Waals surface area contributed by atoms with Gasteiger partial charge in [0, 0.05) is 12.7 Å². The number of aromatic amines is 1. The number of nitrogen functional groups attached to an aromatic ring is 1. The van der Waals surface area contributed by atoms with Gasteiger partial charge in [-0.05, 0) is 11.6 Å². The lowest BCUT2D eigenvalue weighted by Crippen LogP contribution is -2.21. The number of nitrogens with zero attached hydrogens (tertiary/aromatic N) is 2. The Kier molecular flexibility index (Phi) is 3.94. The van der Waals surface area contributed by atoms with Gasteiger partial charge in [0.15, 0.2) is 0 Å². The third-order valence-corrected chi connectivity index (χ3v) is 2.61. The molecule has 5 N–H and O–H groups in total. The summed E-state index contributed by atoms with van der Waals surface area (Å²) < 4.78 is 0. The highest BCUT2D eigenvalue weighted by atomic mass is 16.2. The fourth-order valence-electron chi connectivity index (χ4n) is 1.62. The van der Waals surface area contributed by atoms with Crippen molar-refractivity contribution in [2.24, 2.45) is 0 Å². The van der Waals surface area contributed by atoms with Gasteiger partial charge in [-0.3, -0.25) is 14.7 Å². The Bertz CT molecular complexity index is 636. The van der Waals surface area contributed by atoms with E-state index in [4.69, 9.17) is 5.73 Å². The van der Waals surface area contributed by atoms with Crippen molar-refractivity contribution in [3.05, 3.63) is 35.7 Å². The molecule has 0 aliphatic carbocycles. The molecule has 2 amide bonds. The van der Waals surface area contributed by atoms with E-state index in [0.29, 0.717) is 11.3 Å². The number of rotatable bonds is 4. The fourth-order valence-corrected chi connectivity index (χ4v) is 1.62. The summed E-state index contributed by atoms with van der Waals surface area (Å²) in [4.78, 5) is 27.1. The molecule has 0 fully saturated rings. The zero-order valence-corrected chi connectivity index (χ0v) is 10.8. The largest absolute Gasteiger partial charge is 0.366 e. The van der Waals surface area contributed by atoms with Gasteiger partial charge in [0.25, 0.3) is 5.91 Å². The van der Waals surface area contributed by atoms with Crippen molar-refractivity contribution in [1.29, 1.82) is 0 Å². The number of anilines is 2. The van der Waals surface area contributed by atoms with Crippen LogP contribution in [0.3, 0.4) is 0 Å². The Morgan fingerprint density at radius 3 is 2.75 bits per heavy atom. The highest BCUT2D eigenvalue weighted by Gasteiger charge is 2.13. The molecule has 0 bridgehead atoms. The third-order valence-electron chi connectivity index (χ3n) is 2.61. The second-order valence-electron chi connectivity index (χ2n) is 4.00. The first-order valence-corrected chi connectivity index (χ1v) is 5.88. The van der Waals surface area contributed by atoms with Gasteiger partial charge >= 0.3 is 0 Å². The maximum absolute atomic E-state index is 11.9. The van der Waals surface area contributed by atoms with Crippen molar-refractivity contribution in [2.45, 2.75) is 6.42 Å². The van der Waals surface area contributed by atoms with Crippen molar-refractivity contribution in [3.63, 3.8) is 0 Å². The number of hydrogen-bond donors (Lipinski definition) is 4. The van der Waals surface area contributed by atoms with Gasteiger partial charge < -0.3 is 16.4 Å². The minimum absolute atomic E-state index is 0.00574. The van der Waals surface area contributed by atoms with Crippen LogP contribution in [-0.2, 0) is 11.2 Å². The summed E-state index contributed by atoms with van der Waals surface area (Å²) in [6, 6.07) is 7.02. The molecule has 0 spiro atoms. The third kappa shape index (κ3) is 3.10. The van der Waals surface area contributed by atoms with Crippen LogP contribution in [0.25, 0.3) is 0 Å². The summed E-state index contributed by atoms with van der Waals surface area (Å²) in [7, 11) is 1.56. The van der Waals surface area contributed by atoms with Crippen molar-refractivity contribution in [1.82, 2.24) is 20.5 Å². The number of aromatic nitrogens is 3. The molecule has 0 aliphatic rings. The predicted octanol–water partition coefficient (Wildman–Crippen LogP) is -0.0723. The molecule has 1 aromatic heterocycles. The van der Waals surface area contributed by atoms with Crippen LogP contribution in [0.5, 0.6) is 0 Å². The fraction of sp³-hybridized carbons (Fsp3) is 0.167. The van der Waals surface area contributed by atoms with Gasteiger partial charge in [-0.25, -0.2) is 0 Å². The first-order valence-electron chi connectivity index (χ1n) is 5.88. The Balaban J connectivity index is 2.16. The molecule has 0 saturated heterocycles. The normalized spacial score (nSPS) is 10.1. The Labute approximate surface area is 114 Å². The molecule has 2 rings (SSSR count). The number of hydrogen-bond acceptors (Lipinski definition) is 5. The maximum Gasteiger partial charge on any atom is 0.293 e. The zero-order valence-electron chi connectivity index (χ0n) is 10.8. The van der Waals surface area contributed by atoms with Crippen molar-refractivity contribution in [3.8, 4) is 0 Å². The Morgan fingerprint density at radius 1 is 1.35 bits per heavy atom. The maximum atomic E-state index is 11.9. The molecule has 2 aromatic rings. The molecule has 1 heterocycles. The van der Waals surface area contributed by atoms with Crippen LogP contribution in [0.1, 0.15) is 16.2 Å². The van der Waals surface area contributed by atoms with Gasteiger partial charge in [-0.15, -0.1) is 5.10 Å². The lowest BCUT2D eigenvalue weighted by Gasteiger charge is -2.09. The van der Waals surface area contributed by atoms with E-state index >= 15 is 0 Å². The summed E-state index contributed by atoms with van der Waals surface area (Å²) in [5.74, 6) is -0.611. The number of para-hydroxylation sites is 1. The average Bonchev–Trinajstić information content (AvgIpc) is 2.87. The van der Waals surface area contributed by atoms with E-state index in [2.05, 4.69) is 25.8 Å². The van der Waals surface area contributed by atoms with Gasteiger partial charge in [-0.1, -0.05) is 18.2 Å². The molecular formula is C12H14N6O2. The molecule has 8 heteroatoms. The van der Waals surface area contributed by atoms with E-state index in [1.54, 1.807) is 31.3 Å².